The standard InChI is InChI=1S/C14H20N2O5S/c1-4-10(3)16-22(19,20)12-8-6-11(7-9-12)15-13(17)14(18)21-5-2/h6-10,16H,4-5H2,1-3H3,(H,15,17). The van der Waals surface area contributed by atoms with Crippen molar-refractivity contribution in [1.29, 1.82) is 0 Å². The lowest BCUT2D eigenvalue weighted by atomic mass is 10.3. The molecule has 1 aromatic carbocycles. The molecular weight excluding hydrogens is 308 g/mol. The molecule has 0 aromatic heterocycles. The first-order valence-electron chi connectivity index (χ1n) is 6.90. The number of sulfonamides is 1. The van der Waals surface area contributed by atoms with Crippen LogP contribution in [0, 0.1) is 0 Å². The summed E-state index contributed by atoms with van der Waals surface area (Å²) in [7, 11) is -3.60. The van der Waals surface area contributed by atoms with Crippen molar-refractivity contribution in [2.45, 2.75) is 38.1 Å². The summed E-state index contributed by atoms with van der Waals surface area (Å²) < 4.78 is 31.2. The molecule has 0 spiro atoms. The van der Waals surface area contributed by atoms with Gasteiger partial charge in [0.15, 0.2) is 0 Å². The normalized spacial score (nSPS) is 12.5. The van der Waals surface area contributed by atoms with Crippen molar-refractivity contribution in [2.24, 2.45) is 0 Å². The molecule has 0 bridgehead atoms. The first kappa shape index (κ1) is 18.1. The topological polar surface area (TPSA) is 102 Å². The Balaban J connectivity index is 2.79. The van der Waals surface area contributed by atoms with Gasteiger partial charge in [-0.15, -0.1) is 0 Å². The van der Waals surface area contributed by atoms with E-state index in [1.807, 2.05) is 6.92 Å². The third-order valence-corrected chi connectivity index (χ3v) is 4.46. The van der Waals surface area contributed by atoms with E-state index in [0.717, 1.165) is 0 Å². The summed E-state index contributed by atoms with van der Waals surface area (Å²) in [6.45, 7) is 5.34. The van der Waals surface area contributed by atoms with Crippen LogP contribution in [0.4, 0.5) is 5.69 Å². The summed E-state index contributed by atoms with van der Waals surface area (Å²) in [6, 6.07) is 5.34. The SMILES string of the molecule is CCOC(=O)C(=O)Nc1ccc(S(=O)(=O)NC(C)CC)cc1. The fourth-order valence-electron chi connectivity index (χ4n) is 1.51. The summed E-state index contributed by atoms with van der Waals surface area (Å²) in [5.74, 6) is -1.90. The molecule has 1 aromatic rings. The molecule has 122 valence electrons. The van der Waals surface area contributed by atoms with Crippen molar-refractivity contribution in [3.05, 3.63) is 24.3 Å². The quantitative estimate of drug-likeness (QED) is 0.605. The molecule has 7 nitrogen and oxygen atoms in total. The first-order valence-corrected chi connectivity index (χ1v) is 8.39. The van der Waals surface area contributed by atoms with Crippen LogP contribution in [-0.2, 0) is 24.3 Å². The number of hydrogen-bond acceptors (Lipinski definition) is 5. The van der Waals surface area contributed by atoms with Gasteiger partial charge in [0.25, 0.3) is 0 Å². The van der Waals surface area contributed by atoms with E-state index in [4.69, 9.17) is 0 Å². The van der Waals surface area contributed by atoms with Crippen molar-refractivity contribution < 1.29 is 22.7 Å². The largest absolute Gasteiger partial charge is 0.459 e. The molecule has 1 unspecified atom stereocenters. The third kappa shape index (κ3) is 5.12. The lowest BCUT2D eigenvalue weighted by Crippen LogP contribution is -2.32. The monoisotopic (exact) mass is 328 g/mol. The Bertz CT molecular complexity index is 625. The maximum atomic E-state index is 12.1. The second kappa shape index (κ2) is 7.90. The van der Waals surface area contributed by atoms with E-state index in [1.54, 1.807) is 13.8 Å². The highest BCUT2D eigenvalue weighted by atomic mass is 32.2. The highest BCUT2D eigenvalue weighted by Crippen LogP contribution is 2.14. The van der Waals surface area contributed by atoms with Gasteiger partial charge in [-0.05, 0) is 44.5 Å². The molecule has 1 atom stereocenters. The van der Waals surface area contributed by atoms with E-state index >= 15 is 0 Å². The van der Waals surface area contributed by atoms with Gasteiger partial charge in [0.1, 0.15) is 0 Å². The zero-order valence-electron chi connectivity index (χ0n) is 12.8. The van der Waals surface area contributed by atoms with Gasteiger partial charge in [0, 0.05) is 11.7 Å². The van der Waals surface area contributed by atoms with Crippen molar-refractivity contribution in [1.82, 2.24) is 4.72 Å². The van der Waals surface area contributed by atoms with Crippen molar-refractivity contribution >= 4 is 27.6 Å². The average Bonchev–Trinajstić information content (AvgIpc) is 2.47. The van der Waals surface area contributed by atoms with Crippen LogP contribution < -0.4 is 10.0 Å². The minimum atomic E-state index is -3.60. The molecule has 1 amide bonds. The molecule has 1 rings (SSSR count). The molecule has 0 radical (unpaired) electrons. The van der Waals surface area contributed by atoms with Crippen LogP contribution >= 0.6 is 0 Å². The first-order chi connectivity index (χ1) is 10.3. The number of ether oxygens (including phenoxy) is 1. The predicted molar refractivity (Wildman–Crippen MR) is 81.8 cm³/mol. The summed E-state index contributed by atoms with van der Waals surface area (Å²) >= 11 is 0. The van der Waals surface area contributed by atoms with Gasteiger partial charge in [0.2, 0.25) is 10.0 Å². The van der Waals surface area contributed by atoms with E-state index in [2.05, 4.69) is 14.8 Å². The number of nitrogens with one attached hydrogen (secondary N) is 2. The molecule has 0 heterocycles. The van der Waals surface area contributed by atoms with Gasteiger partial charge in [-0.2, -0.15) is 0 Å². The fourth-order valence-corrected chi connectivity index (χ4v) is 2.84. The van der Waals surface area contributed by atoms with Gasteiger partial charge in [0.05, 0.1) is 11.5 Å². The number of carbonyl (C=O) groups excluding carboxylic acids is 2. The maximum absolute atomic E-state index is 12.1. The Kier molecular flexibility index (Phi) is 6.51. The minimum absolute atomic E-state index is 0.0851. The Morgan fingerprint density at radius 1 is 1.18 bits per heavy atom. The summed E-state index contributed by atoms with van der Waals surface area (Å²) in [4.78, 5) is 22.7. The molecule has 0 saturated carbocycles. The van der Waals surface area contributed by atoms with Crippen molar-refractivity contribution in [2.75, 3.05) is 11.9 Å². The highest BCUT2D eigenvalue weighted by Gasteiger charge is 2.18. The number of carbonyl (C=O) groups is 2. The van der Waals surface area contributed by atoms with Gasteiger partial charge < -0.3 is 10.1 Å². The van der Waals surface area contributed by atoms with Gasteiger partial charge in [-0.3, -0.25) is 4.79 Å². The van der Waals surface area contributed by atoms with E-state index in [0.29, 0.717) is 12.1 Å². The molecule has 8 heteroatoms. The molecule has 2 N–H and O–H groups in total. The van der Waals surface area contributed by atoms with E-state index < -0.39 is 21.9 Å². The number of anilines is 1. The smallest absolute Gasteiger partial charge is 0.397 e. The van der Waals surface area contributed by atoms with E-state index in [1.165, 1.54) is 24.3 Å². The van der Waals surface area contributed by atoms with Crippen LogP contribution in [-0.4, -0.2) is 32.9 Å². The van der Waals surface area contributed by atoms with Gasteiger partial charge in [-0.25, -0.2) is 17.9 Å². The highest BCUT2D eigenvalue weighted by molar-refractivity contribution is 7.89. The lowest BCUT2D eigenvalue weighted by Gasteiger charge is -2.12. The number of esters is 1. The zero-order valence-corrected chi connectivity index (χ0v) is 13.6. The summed E-state index contributed by atoms with van der Waals surface area (Å²) in [5.41, 5.74) is 0.306. The Hall–Kier alpha value is -1.93. The zero-order chi connectivity index (χ0) is 16.8. The number of rotatable bonds is 6. The molecule has 22 heavy (non-hydrogen) atoms. The predicted octanol–water partition coefficient (Wildman–Crippen LogP) is 1.26. The van der Waals surface area contributed by atoms with Crippen molar-refractivity contribution in [3.8, 4) is 0 Å². The van der Waals surface area contributed by atoms with Gasteiger partial charge in [-0.1, -0.05) is 6.92 Å². The number of amides is 1. The van der Waals surface area contributed by atoms with Crippen molar-refractivity contribution in [3.63, 3.8) is 0 Å². The molecule has 0 aliphatic heterocycles. The van der Waals surface area contributed by atoms with Crippen LogP contribution in [0.1, 0.15) is 27.2 Å². The summed E-state index contributed by atoms with van der Waals surface area (Å²) in [5, 5.41) is 2.33. The minimum Gasteiger partial charge on any atom is -0.459 e. The van der Waals surface area contributed by atoms with Gasteiger partial charge >= 0.3 is 11.9 Å². The maximum Gasteiger partial charge on any atom is 0.397 e. The average molecular weight is 328 g/mol. The second-order valence-corrected chi connectivity index (χ2v) is 6.34. The van der Waals surface area contributed by atoms with Crippen LogP contribution in [0.3, 0.4) is 0 Å². The third-order valence-electron chi connectivity index (χ3n) is 2.85. The van der Waals surface area contributed by atoms with Crippen LogP contribution in [0.5, 0.6) is 0 Å². The fraction of sp³-hybridized carbons (Fsp3) is 0.429. The van der Waals surface area contributed by atoms with Crippen LogP contribution in [0.2, 0.25) is 0 Å². The molecule has 0 fully saturated rings. The van der Waals surface area contributed by atoms with Crippen LogP contribution in [0.25, 0.3) is 0 Å². The Labute approximate surface area is 130 Å². The van der Waals surface area contributed by atoms with E-state index in [9.17, 15) is 18.0 Å². The lowest BCUT2D eigenvalue weighted by molar-refractivity contribution is -0.152. The number of benzene rings is 1. The van der Waals surface area contributed by atoms with Crippen LogP contribution in [0.15, 0.2) is 29.2 Å². The molecular formula is C14H20N2O5S. The molecule has 0 aliphatic carbocycles. The molecule has 0 saturated heterocycles. The molecule has 0 aliphatic rings. The Morgan fingerprint density at radius 3 is 2.27 bits per heavy atom. The summed E-state index contributed by atoms with van der Waals surface area (Å²) in [6.07, 6.45) is 0.674. The Morgan fingerprint density at radius 2 is 1.77 bits per heavy atom. The van der Waals surface area contributed by atoms with E-state index in [-0.39, 0.29) is 17.5 Å². The number of hydrogen-bond donors (Lipinski definition) is 2. The second-order valence-electron chi connectivity index (χ2n) is 4.63.